The summed E-state index contributed by atoms with van der Waals surface area (Å²) in [5, 5.41) is 12.3. The predicted molar refractivity (Wildman–Crippen MR) is 63.4 cm³/mol. The molecular formula is C13H23NO2. The molecule has 0 bridgehead atoms. The molecule has 2 N–H and O–H groups in total. The molecule has 16 heavy (non-hydrogen) atoms. The number of carbonyl (C=O) groups is 1. The van der Waals surface area contributed by atoms with Gasteiger partial charge in [-0.3, -0.25) is 4.79 Å². The fourth-order valence-corrected chi connectivity index (χ4v) is 3.63. The zero-order chi connectivity index (χ0) is 11.6. The molecule has 2 aliphatic carbocycles. The van der Waals surface area contributed by atoms with E-state index in [4.69, 9.17) is 5.11 Å². The Morgan fingerprint density at radius 1 is 1.25 bits per heavy atom. The van der Waals surface area contributed by atoms with Crippen LogP contribution in [0.25, 0.3) is 0 Å². The van der Waals surface area contributed by atoms with Crippen molar-refractivity contribution in [2.24, 2.45) is 5.41 Å². The Kier molecular flexibility index (Phi) is 3.53. The van der Waals surface area contributed by atoms with Crippen LogP contribution in [0.3, 0.4) is 0 Å². The van der Waals surface area contributed by atoms with E-state index in [0.29, 0.717) is 11.5 Å². The third-order valence-electron chi connectivity index (χ3n) is 4.58. The number of nitrogens with one attached hydrogen (secondary N) is 1. The van der Waals surface area contributed by atoms with Gasteiger partial charge >= 0.3 is 5.97 Å². The van der Waals surface area contributed by atoms with Gasteiger partial charge in [-0.25, -0.2) is 0 Å². The Bertz CT molecular complexity index is 259. The average molecular weight is 225 g/mol. The summed E-state index contributed by atoms with van der Waals surface area (Å²) in [6.45, 7) is 1.76. The van der Waals surface area contributed by atoms with E-state index in [1.807, 2.05) is 0 Å². The van der Waals surface area contributed by atoms with Crippen molar-refractivity contribution in [1.82, 2.24) is 5.32 Å². The van der Waals surface area contributed by atoms with Gasteiger partial charge in [0.25, 0.3) is 0 Å². The van der Waals surface area contributed by atoms with E-state index in [9.17, 15) is 4.79 Å². The van der Waals surface area contributed by atoms with Gasteiger partial charge in [-0.15, -0.1) is 0 Å². The van der Waals surface area contributed by atoms with E-state index in [2.05, 4.69) is 5.32 Å². The first-order valence-electron chi connectivity index (χ1n) is 6.63. The van der Waals surface area contributed by atoms with Crippen LogP contribution in [-0.4, -0.2) is 23.2 Å². The SMILES string of the molecule is CC(NC1CCCC12CCCCC2)C(=O)O. The molecule has 2 atom stereocenters. The maximum Gasteiger partial charge on any atom is 0.320 e. The molecule has 0 aromatic rings. The second-order valence-electron chi connectivity index (χ2n) is 5.59. The largest absolute Gasteiger partial charge is 0.480 e. The van der Waals surface area contributed by atoms with E-state index >= 15 is 0 Å². The molecule has 3 nitrogen and oxygen atoms in total. The minimum absolute atomic E-state index is 0.401. The van der Waals surface area contributed by atoms with Gasteiger partial charge in [0.05, 0.1) is 0 Å². The third kappa shape index (κ3) is 2.24. The fraction of sp³-hybridized carbons (Fsp3) is 0.923. The number of aliphatic carboxylic acids is 1. The van der Waals surface area contributed by atoms with Gasteiger partial charge in [-0.1, -0.05) is 25.7 Å². The predicted octanol–water partition coefficient (Wildman–Crippen LogP) is 2.55. The highest BCUT2D eigenvalue weighted by Gasteiger charge is 2.43. The Morgan fingerprint density at radius 3 is 2.50 bits per heavy atom. The molecule has 0 aromatic carbocycles. The molecular weight excluding hydrogens is 202 g/mol. The van der Waals surface area contributed by atoms with Gasteiger partial charge in [0.2, 0.25) is 0 Å². The van der Waals surface area contributed by atoms with Crippen molar-refractivity contribution in [1.29, 1.82) is 0 Å². The van der Waals surface area contributed by atoms with Crippen LogP contribution >= 0.6 is 0 Å². The minimum atomic E-state index is -0.724. The Hall–Kier alpha value is -0.570. The second-order valence-corrected chi connectivity index (χ2v) is 5.59. The summed E-state index contributed by atoms with van der Waals surface area (Å²) < 4.78 is 0. The quantitative estimate of drug-likeness (QED) is 0.776. The van der Waals surface area contributed by atoms with Crippen molar-refractivity contribution in [3.63, 3.8) is 0 Å². The zero-order valence-corrected chi connectivity index (χ0v) is 10.2. The van der Waals surface area contributed by atoms with Crippen LogP contribution in [0, 0.1) is 5.41 Å². The van der Waals surface area contributed by atoms with Crippen molar-refractivity contribution in [3.05, 3.63) is 0 Å². The lowest BCUT2D eigenvalue weighted by Crippen LogP contribution is -2.48. The molecule has 92 valence electrons. The van der Waals surface area contributed by atoms with Gasteiger partial charge < -0.3 is 10.4 Å². The summed E-state index contributed by atoms with van der Waals surface area (Å²) in [4.78, 5) is 10.9. The van der Waals surface area contributed by atoms with Crippen LogP contribution < -0.4 is 5.32 Å². The van der Waals surface area contributed by atoms with Crippen molar-refractivity contribution in [2.75, 3.05) is 0 Å². The van der Waals surface area contributed by atoms with E-state index in [-0.39, 0.29) is 0 Å². The third-order valence-corrected chi connectivity index (χ3v) is 4.58. The number of carboxylic acid groups (broad SMARTS) is 1. The van der Waals surface area contributed by atoms with E-state index < -0.39 is 12.0 Å². The normalized spacial score (nSPS) is 30.4. The first-order chi connectivity index (χ1) is 7.64. The van der Waals surface area contributed by atoms with E-state index in [1.54, 1.807) is 6.92 Å². The monoisotopic (exact) mass is 225 g/mol. The van der Waals surface area contributed by atoms with E-state index in [1.165, 1.54) is 44.9 Å². The highest BCUT2D eigenvalue weighted by atomic mass is 16.4. The molecule has 0 radical (unpaired) electrons. The summed E-state index contributed by atoms with van der Waals surface area (Å²) in [7, 11) is 0. The van der Waals surface area contributed by atoms with Crippen LogP contribution in [0.1, 0.15) is 58.3 Å². The molecule has 2 aliphatic rings. The van der Waals surface area contributed by atoms with Crippen molar-refractivity contribution in [3.8, 4) is 0 Å². The van der Waals surface area contributed by atoms with Crippen molar-refractivity contribution < 1.29 is 9.90 Å². The molecule has 2 rings (SSSR count). The summed E-state index contributed by atoms with van der Waals surface area (Å²) in [5.41, 5.74) is 0.432. The average Bonchev–Trinajstić information content (AvgIpc) is 2.62. The highest BCUT2D eigenvalue weighted by Crippen LogP contribution is 2.49. The first kappa shape index (κ1) is 11.9. The molecule has 2 fully saturated rings. The summed E-state index contributed by atoms with van der Waals surface area (Å²) in [6.07, 6.45) is 10.4. The van der Waals surface area contributed by atoms with Crippen LogP contribution in [0.15, 0.2) is 0 Å². The topological polar surface area (TPSA) is 49.3 Å². The Morgan fingerprint density at radius 2 is 1.88 bits per heavy atom. The maximum absolute atomic E-state index is 10.9. The molecule has 2 unspecified atom stereocenters. The number of hydrogen-bond donors (Lipinski definition) is 2. The Labute approximate surface area is 97.6 Å². The second kappa shape index (κ2) is 4.74. The first-order valence-corrected chi connectivity index (χ1v) is 6.63. The van der Waals surface area contributed by atoms with Gasteiger partial charge in [0, 0.05) is 6.04 Å². The van der Waals surface area contributed by atoms with Crippen LogP contribution in [0.4, 0.5) is 0 Å². The maximum atomic E-state index is 10.9. The molecule has 0 amide bonds. The molecule has 0 saturated heterocycles. The zero-order valence-electron chi connectivity index (χ0n) is 10.2. The number of hydrogen-bond acceptors (Lipinski definition) is 2. The standard InChI is InChI=1S/C13H23NO2/c1-10(12(15)16)14-11-6-5-9-13(11)7-3-2-4-8-13/h10-11,14H,2-9H2,1H3,(H,15,16). The van der Waals surface area contributed by atoms with Gasteiger partial charge in [0.1, 0.15) is 6.04 Å². The van der Waals surface area contributed by atoms with Gasteiger partial charge in [-0.2, -0.15) is 0 Å². The smallest absolute Gasteiger partial charge is 0.320 e. The van der Waals surface area contributed by atoms with Gasteiger partial charge in [0.15, 0.2) is 0 Å². The van der Waals surface area contributed by atoms with Crippen molar-refractivity contribution in [2.45, 2.75) is 70.4 Å². The number of rotatable bonds is 3. The molecule has 2 saturated carbocycles. The molecule has 0 aromatic heterocycles. The van der Waals surface area contributed by atoms with Crippen LogP contribution in [-0.2, 0) is 4.79 Å². The summed E-state index contributed by atoms with van der Waals surface area (Å²) in [6, 6.07) is 0.0424. The molecule has 3 heteroatoms. The van der Waals surface area contributed by atoms with Crippen LogP contribution in [0.5, 0.6) is 0 Å². The van der Waals surface area contributed by atoms with Gasteiger partial charge in [-0.05, 0) is 38.0 Å². The van der Waals surface area contributed by atoms with E-state index in [0.717, 1.165) is 6.42 Å². The molecule has 1 spiro atoms. The van der Waals surface area contributed by atoms with Crippen molar-refractivity contribution >= 4 is 5.97 Å². The lowest BCUT2D eigenvalue weighted by atomic mass is 9.70. The minimum Gasteiger partial charge on any atom is -0.480 e. The highest BCUT2D eigenvalue weighted by molar-refractivity contribution is 5.72. The lowest BCUT2D eigenvalue weighted by molar-refractivity contribution is -0.139. The number of carboxylic acids is 1. The Balaban J connectivity index is 1.99. The summed E-state index contributed by atoms with van der Waals surface area (Å²) in [5.74, 6) is -0.724. The lowest BCUT2D eigenvalue weighted by Gasteiger charge is -2.40. The molecule has 0 heterocycles. The molecule has 0 aliphatic heterocycles. The van der Waals surface area contributed by atoms with Crippen LogP contribution in [0.2, 0.25) is 0 Å². The fourth-order valence-electron chi connectivity index (χ4n) is 3.63. The summed E-state index contributed by atoms with van der Waals surface area (Å²) >= 11 is 0.